The van der Waals surface area contributed by atoms with E-state index in [1.807, 2.05) is 94.7 Å². The number of halogens is 6. The van der Waals surface area contributed by atoms with E-state index in [9.17, 15) is 78.3 Å². The van der Waals surface area contributed by atoms with Gasteiger partial charge in [0, 0.05) is 75.3 Å². The number of benzene rings is 11. The number of aromatic nitrogens is 5. The molecule has 5 aromatic heterocycles. The van der Waals surface area contributed by atoms with Crippen LogP contribution in [0.15, 0.2) is 240 Å². The number of carbonyl (C=O) groups is 6. The summed E-state index contributed by atoms with van der Waals surface area (Å²) in [5.41, 5.74) is 8.38. The number of hydrogen-bond acceptors (Lipinski definition) is 16. The van der Waals surface area contributed by atoms with Crippen molar-refractivity contribution in [2.75, 3.05) is 50.4 Å². The van der Waals surface area contributed by atoms with Crippen LogP contribution in [0.25, 0.3) is 109 Å². The number of ketones is 1. The van der Waals surface area contributed by atoms with Gasteiger partial charge in [-0.15, -0.1) is 11.8 Å². The van der Waals surface area contributed by atoms with Crippen molar-refractivity contribution >= 4 is 242 Å². The Labute approximate surface area is 753 Å². The highest BCUT2D eigenvalue weighted by atomic mass is 79.9. The van der Waals surface area contributed by atoms with Crippen LogP contribution in [-0.4, -0.2) is 125 Å². The molecule has 16 rings (SSSR count). The Hall–Kier alpha value is -13.0. The van der Waals surface area contributed by atoms with E-state index in [0.29, 0.717) is 141 Å². The highest BCUT2D eigenvalue weighted by molar-refractivity contribution is 9.10. The quantitative estimate of drug-likeness (QED) is 0.0253. The summed E-state index contributed by atoms with van der Waals surface area (Å²) in [4.78, 5) is 138. The number of carboxylic acid groups (broad SMARTS) is 5. The second-order valence-corrected chi connectivity index (χ2v) is 33.0. The van der Waals surface area contributed by atoms with E-state index in [4.69, 9.17) is 67.5 Å². The number of hydrogen-bond donors (Lipinski definition) is 5. The fraction of sp³-hybridized carbons (Fsp3) is 0.160. The molecular weight excluding hydrogens is 1800 g/mol. The third-order valence-corrected chi connectivity index (χ3v) is 23.3. The molecule has 0 fully saturated rings. The summed E-state index contributed by atoms with van der Waals surface area (Å²) >= 11 is 36.4. The van der Waals surface area contributed by atoms with Gasteiger partial charge in [0.2, 0.25) is 0 Å². The molecule has 644 valence electrons. The van der Waals surface area contributed by atoms with Crippen molar-refractivity contribution in [3.05, 3.63) is 304 Å². The minimum Gasteiger partial charge on any atom is -0.486 e. The average molecular weight is 1880 g/mol. The molecule has 0 aliphatic carbocycles. The van der Waals surface area contributed by atoms with Crippen LogP contribution in [0.2, 0.25) is 25.1 Å². The number of aliphatic carboxylic acids is 5. The molecule has 0 spiro atoms. The number of rotatable bonds is 21. The van der Waals surface area contributed by atoms with Crippen molar-refractivity contribution in [2.45, 2.75) is 64.9 Å². The minimum absolute atomic E-state index is 0.124. The Morgan fingerprint density at radius 3 is 1.17 bits per heavy atom. The number of ether oxygens (including phenoxy) is 2. The van der Waals surface area contributed by atoms with Gasteiger partial charge in [0.1, 0.15) is 45.9 Å². The molecule has 5 heterocycles. The van der Waals surface area contributed by atoms with Gasteiger partial charge in [-0.2, -0.15) is 0 Å². The fourth-order valence-corrected chi connectivity index (χ4v) is 17.6. The summed E-state index contributed by atoms with van der Waals surface area (Å²) in [5.74, 6) is -4.87. The van der Waals surface area contributed by atoms with Gasteiger partial charge in [-0.3, -0.25) is 52.7 Å². The van der Waals surface area contributed by atoms with Gasteiger partial charge < -0.3 is 67.6 Å². The van der Waals surface area contributed by atoms with Gasteiger partial charge >= 0.3 is 29.8 Å². The number of aryl methyl sites for hydroxylation is 2. The lowest BCUT2D eigenvalue weighted by Crippen LogP contribution is -2.22. The largest absolute Gasteiger partial charge is 0.486 e. The predicted octanol–water partition coefficient (Wildman–Crippen LogP) is 18.8. The Bertz CT molecular complexity index is 7530. The Kier molecular flexibility index (Phi) is 28.9. The first-order chi connectivity index (χ1) is 60.0. The molecule has 126 heavy (non-hydrogen) atoms. The van der Waals surface area contributed by atoms with E-state index in [2.05, 4.69) is 22.5 Å². The summed E-state index contributed by atoms with van der Waals surface area (Å²) in [6.07, 6.45) is 3.40. The van der Waals surface area contributed by atoms with E-state index >= 15 is 0 Å². The molecule has 0 saturated carbocycles. The number of carbonyl (C=O) groups excluding carboxylic acids is 1. The summed E-state index contributed by atoms with van der Waals surface area (Å²) in [7, 11) is 5.52. The van der Waals surface area contributed by atoms with Crippen LogP contribution >= 0.6 is 85.7 Å². The number of carboxylic acids is 5. The minimum atomic E-state index is -1.08. The molecule has 11 aromatic carbocycles. The van der Waals surface area contributed by atoms with Crippen LogP contribution in [0.3, 0.4) is 0 Å². The maximum atomic E-state index is 13.1. The number of nitrogens with zero attached hydrogens (tertiary/aromatic N) is 7. The molecule has 0 bridgehead atoms. The van der Waals surface area contributed by atoms with Crippen LogP contribution in [0.1, 0.15) is 23.6 Å². The first-order valence-electron chi connectivity index (χ1n) is 38.4. The summed E-state index contributed by atoms with van der Waals surface area (Å²) < 4.78 is 19.9. The number of anilines is 2. The lowest BCUT2D eigenvalue weighted by molar-refractivity contribution is -0.138. The molecule has 0 radical (unpaired) electrons. The second-order valence-electron chi connectivity index (χ2n) is 29.2. The monoisotopic (exact) mass is 1880 g/mol. The van der Waals surface area contributed by atoms with Crippen molar-refractivity contribution in [1.82, 2.24) is 22.8 Å². The SMILES string of the molecule is C=CCOc1c(Cl)ccc2c(=O)c3ccc(C)cc3n(CC(=O)O)c12.CC(=O)COc1c(Cl)ccc2c(=O)c3ccccc3n(CC(=O)O)c12.CN(Cc1ccccc1)c1c(Cl)ccc2c(=O)c3ccccc3n(CC(=O)O)c12.CSc1c(Cl)ccc2c(=O)c3ccc(Br)cc3n(CC(=O)O)c12.Cc1ccc2c(=O)c3ccc(Cl)c(N(C)C)c3n(CC(=O)O)c2c1. The van der Waals surface area contributed by atoms with Gasteiger partial charge in [0.05, 0.1) is 107 Å². The third kappa shape index (κ3) is 19.3. The summed E-state index contributed by atoms with van der Waals surface area (Å²) in [6.45, 7) is 7.80. The highest BCUT2D eigenvalue weighted by Crippen LogP contribution is 2.41. The molecular formula is C94H77BrCl5N7O18S. The first kappa shape index (κ1) is 92.2. The normalized spacial score (nSPS) is 11.1. The Morgan fingerprint density at radius 2 is 0.738 bits per heavy atom. The van der Waals surface area contributed by atoms with Gasteiger partial charge in [-0.25, -0.2) is 0 Å². The summed E-state index contributed by atoms with van der Waals surface area (Å²) in [5, 5.41) is 53.2. The molecule has 5 N–H and O–H groups in total. The molecule has 0 unspecified atom stereocenters. The van der Waals surface area contributed by atoms with Crippen LogP contribution < -0.4 is 46.4 Å². The number of para-hydroxylation sites is 2. The maximum absolute atomic E-state index is 13.1. The highest BCUT2D eigenvalue weighted by Gasteiger charge is 2.26. The van der Waals surface area contributed by atoms with E-state index in [1.165, 1.54) is 35.4 Å². The zero-order valence-corrected chi connectivity index (χ0v) is 74.4. The van der Waals surface area contributed by atoms with Crippen LogP contribution in [0, 0.1) is 13.8 Å². The van der Waals surface area contributed by atoms with Crippen LogP contribution in [0.5, 0.6) is 11.5 Å². The molecule has 32 heteroatoms. The van der Waals surface area contributed by atoms with E-state index in [-0.39, 0.29) is 106 Å². The zero-order chi connectivity index (χ0) is 91.1. The van der Waals surface area contributed by atoms with E-state index in [1.54, 1.807) is 163 Å². The van der Waals surface area contributed by atoms with Crippen molar-refractivity contribution in [1.29, 1.82) is 0 Å². The van der Waals surface area contributed by atoms with E-state index < -0.39 is 29.8 Å². The number of fused-ring (bicyclic) bond motifs is 10. The topological polar surface area (TPSA) is 339 Å². The maximum Gasteiger partial charge on any atom is 0.323 e. The van der Waals surface area contributed by atoms with E-state index in [0.717, 1.165) is 21.2 Å². The van der Waals surface area contributed by atoms with Crippen molar-refractivity contribution in [3.8, 4) is 11.5 Å². The predicted molar refractivity (Wildman–Crippen MR) is 505 cm³/mol. The first-order valence-corrected chi connectivity index (χ1v) is 42.3. The smallest absolute Gasteiger partial charge is 0.323 e. The molecule has 0 atom stereocenters. The number of Topliss-reactive ketones (excluding diaryl/α,β-unsaturated/α-hetero) is 1. The molecule has 0 amide bonds. The molecule has 16 aromatic rings. The van der Waals surface area contributed by atoms with Crippen molar-refractivity contribution < 1.29 is 63.8 Å². The number of pyridine rings is 5. The lowest BCUT2D eigenvalue weighted by atomic mass is 10.1. The second kappa shape index (κ2) is 39.5. The molecule has 0 aliphatic rings. The van der Waals surface area contributed by atoms with Gasteiger partial charge in [-0.05, 0) is 171 Å². The summed E-state index contributed by atoms with van der Waals surface area (Å²) in [6, 6.07) is 55.9. The van der Waals surface area contributed by atoms with Gasteiger partial charge in [0.25, 0.3) is 0 Å². The third-order valence-electron chi connectivity index (χ3n) is 20.3. The zero-order valence-electron chi connectivity index (χ0n) is 68.3. The molecule has 0 aliphatic heterocycles. The van der Waals surface area contributed by atoms with Crippen molar-refractivity contribution in [3.63, 3.8) is 0 Å². The number of thioether (sulfide) groups is 1. The Balaban J connectivity index is 0.000000144. The fourth-order valence-electron chi connectivity index (χ4n) is 15.2. The Morgan fingerprint density at radius 1 is 0.405 bits per heavy atom. The molecule has 0 saturated heterocycles. The standard InChI is InChI=1S/C23H19ClN2O3.C19H16ClNO4.C18H17ClN2O3.C18H14ClNO5.C16H11BrClNO3S/c1-25(13-15-7-3-2-4-8-15)22-18(24)12-11-17-21(22)26(14-20(27)28)19-10-6-5-9-16(19)23(17)29;1-3-8-25-19-14(20)7-6-13-17(19)21(10-16(22)23)15-9-11(2)4-5-12(15)18(13)24;1-10-4-5-11-14(8-10)21(9-15(22)23)16-12(18(11)24)6-7-13(19)17(16)20(2)3;1-10(21)9-25-18-13(19)7-6-12-16(18)20(8-15(22)23)14-5-3-2-4-11(14)17(12)24;1-23-16-11(18)5-4-10-14(16)19(7-13(20)21)12-6-8(17)2-3-9(12)15(10)22/h2-12H,13-14H2,1H3,(H,27,28);3-7,9H,1,8,10H2,2H3,(H,22,23);4-8H,9H2,1-3H3,(H,22,23);2-7H,8-9H2,1H3,(H,22,23);2-6H,7H2,1H3,(H,20,21). The molecule has 25 nitrogen and oxygen atoms in total. The average Bonchev–Trinajstić information content (AvgIpc) is 0.754. The van der Waals surface area contributed by atoms with Crippen molar-refractivity contribution in [2.24, 2.45) is 0 Å². The van der Waals surface area contributed by atoms with Crippen LogP contribution in [-0.2, 0) is 68.0 Å². The van der Waals surface area contributed by atoms with Crippen LogP contribution in [0.4, 0.5) is 11.4 Å². The van der Waals surface area contributed by atoms with Gasteiger partial charge in [-0.1, -0.05) is 153 Å². The lowest BCUT2D eigenvalue weighted by Gasteiger charge is -2.25. The van der Waals surface area contributed by atoms with Gasteiger partial charge in [0.15, 0.2) is 44.4 Å².